The van der Waals surface area contributed by atoms with Gasteiger partial charge in [-0.1, -0.05) is 13.8 Å². The zero-order chi connectivity index (χ0) is 12.4. The Bertz CT molecular complexity index is 273. The molecular formula is C12H20N2O3. The molecule has 2 unspecified atom stereocenters. The maximum absolute atomic E-state index is 11.0. The van der Waals surface area contributed by atoms with Crippen LogP contribution in [-0.2, 0) is 14.3 Å². The summed E-state index contributed by atoms with van der Waals surface area (Å²) in [5, 5.41) is 0. The molecule has 0 aromatic rings. The van der Waals surface area contributed by atoms with Crippen LogP contribution in [0.25, 0.3) is 0 Å². The van der Waals surface area contributed by atoms with Gasteiger partial charge >= 0.3 is 0 Å². The number of hydrogen-bond acceptors (Lipinski definition) is 5. The minimum absolute atomic E-state index is 0.00773. The molecule has 0 aromatic heterocycles. The molecule has 0 radical (unpaired) electrons. The summed E-state index contributed by atoms with van der Waals surface area (Å²) in [6, 6.07) is 0. The van der Waals surface area contributed by atoms with Gasteiger partial charge in [0.2, 0.25) is 0 Å². The third-order valence-electron chi connectivity index (χ3n) is 3.34. The van der Waals surface area contributed by atoms with Crippen LogP contribution in [0.2, 0.25) is 0 Å². The number of hydrogen-bond donors (Lipinski definition) is 0. The Kier molecular flexibility index (Phi) is 3.91. The molecule has 2 heterocycles. The largest absolute Gasteiger partial charge is 0.345 e. The molecule has 2 fully saturated rings. The van der Waals surface area contributed by atoms with Crippen LogP contribution in [0.1, 0.15) is 26.7 Å². The van der Waals surface area contributed by atoms with Gasteiger partial charge in [-0.15, -0.1) is 0 Å². The highest BCUT2D eigenvalue weighted by Gasteiger charge is 2.35. The molecule has 0 aromatic carbocycles. The van der Waals surface area contributed by atoms with E-state index in [1.54, 1.807) is 0 Å². The number of rotatable bonds is 6. The summed E-state index contributed by atoms with van der Waals surface area (Å²) < 4.78 is 6.00. The van der Waals surface area contributed by atoms with Crippen molar-refractivity contribution in [1.29, 1.82) is 0 Å². The first kappa shape index (κ1) is 12.7. The number of carbonyl (C=O) groups is 2. The van der Waals surface area contributed by atoms with Gasteiger partial charge in [-0.2, -0.15) is 0 Å². The van der Waals surface area contributed by atoms with Gasteiger partial charge < -0.3 is 4.74 Å². The van der Waals surface area contributed by atoms with Crippen molar-refractivity contribution < 1.29 is 14.3 Å². The molecule has 0 amide bonds. The van der Waals surface area contributed by atoms with E-state index in [-0.39, 0.29) is 24.0 Å². The second-order valence-electron chi connectivity index (χ2n) is 4.75. The lowest BCUT2D eigenvalue weighted by molar-refractivity contribution is -0.186. The van der Waals surface area contributed by atoms with Crippen molar-refractivity contribution in [2.75, 3.05) is 26.2 Å². The summed E-state index contributed by atoms with van der Waals surface area (Å²) in [4.78, 5) is 26.1. The van der Waals surface area contributed by atoms with Crippen molar-refractivity contribution in [1.82, 2.24) is 9.80 Å². The number of nitrogens with zero attached hydrogens (tertiary/aromatic N) is 2. The average Bonchev–Trinajstić information content (AvgIpc) is 2.24. The molecule has 2 saturated heterocycles. The quantitative estimate of drug-likeness (QED) is 0.666. The monoisotopic (exact) mass is 240 g/mol. The summed E-state index contributed by atoms with van der Waals surface area (Å²) in [5.74, 6) is 0.554. The van der Waals surface area contributed by atoms with Gasteiger partial charge in [-0.25, -0.2) is 0 Å². The fourth-order valence-corrected chi connectivity index (χ4v) is 2.28. The summed E-state index contributed by atoms with van der Waals surface area (Å²) in [7, 11) is 0. The van der Waals surface area contributed by atoms with Crippen molar-refractivity contribution in [3.8, 4) is 0 Å². The molecule has 0 aliphatic carbocycles. The number of carbonyl (C=O) groups excluding carboxylic acids is 2. The van der Waals surface area contributed by atoms with E-state index in [4.69, 9.17) is 4.74 Å². The molecule has 2 rings (SSSR count). The second kappa shape index (κ2) is 5.25. The van der Waals surface area contributed by atoms with Crippen LogP contribution in [0.15, 0.2) is 0 Å². The molecule has 0 spiro atoms. The Morgan fingerprint density at radius 1 is 0.941 bits per heavy atom. The second-order valence-corrected chi connectivity index (χ2v) is 4.75. The van der Waals surface area contributed by atoms with Crippen LogP contribution in [0.3, 0.4) is 0 Å². The lowest BCUT2D eigenvalue weighted by Gasteiger charge is -2.42. The predicted molar refractivity (Wildman–Crippen MR) is 62.4 cm³/mol. The van der Waals surface area contributed by atoms with Crippen molar-refractivity contribution in [2.24, 2.45) is 0 Å². The van der Waals surface area contributed by atoms with Crippen molar-refractivity contribution >= 4 is 11.6 Å². The first-order valence-electron chi connectivity index (χ1n) is 6.31. The Morgan fingerprint density at radius 2 is 1.29 bits per heavy atom. The zero-order valence-electron chi connectivity index (χ0n) is 10.5. The van der Waals surface area contributed by atoms with E-state index >= 15 is 0 Å². The standard InChI is InChI=1S/C12H20N2O3/c1-3-11(13-5-9(15)6-13)17-12(4-2)14-7-10(16)8-14/h11-12H,3-8H2,1-2H3. The Balaban J connectivity index is 1.83. The van der Waals surface area contributed by atoms with E-state index in [9.17, 15) is 9.59 Å². The Morgan fingerprint density at radius 3 is 1.53 bits per heavy atom. The first-order chi connectivity index (χ1) is 8.13. The Labute approximate surface area is 102 Å². The van der Waals surface area contributed by atoms with Gasteiger partial charge in [0.05, 0.1) is 26.2 Å². The molecule has 17 heavy (non-hydrogen) atoms. The third kappa shape index (κ3) is 2.73. The molecule has 5 heteroatoms. The maximum atomic E-state index is 11.0. The van der Waals surface area contributed by atoms with Crippen LogP contribution in [0.5, 0.6) is 0 Å². The first-order valence-corrected chi connectivity index (χ1v) is 6.31. The third-order valence-corrected chi connectivity index (χ3v) is 3.34. The van der Waals surface area contributed by atoms with Gasteiger partial charge in [-0.05, 0) is 12.8 Å². The summed E-state index contributed by atoms with van der Waals surface area (Å²) >= 11 is 0. The highest BCUT2D eigenvalue weighted by Crippen LogP contribution is 2.20. The highest BCUT2D eigenvalue weighted by molar-refractivity contribution is 5.88. The predicted octanol–water partition coefficient (Wildman–Crippen LogP) is 0.245. The van der Waals surface area contributed by atoms with Crippen LogP contribution in [-0.4, -0.2) is 60.0 Å². The maximum Gasteiger partial charge on any atom is 0.160 e. The Hall–Kier alpha value is -0.780. The van der Waals surface area contributed by atoms with Gasteiger partial charge in [0.15, 0.2) is 11.6 Å². The lowest BCUT2D eigenvalue weighted by atomic mass is 10.1. The van der Waals surface area contributed by atoms with E-state index in [1.165, 1.54) is 0 Å². The topological polar surface area (TPSA) is 49.9 Å². The smallest absolute Gasteiger partial charge is 0.160 e. The fraction of sp³-hybridized carbons (Fsp3) is 0.833. The van der Waals surface area contributed by atoms with Crippen LogP contribution < -0.4 is 0 Å². The zero-order valence-corrected chi connectivity index (χ0v) is 10.5. The molecule has 0 bridgehead atoms. The minimum Gasteiger partial charge on any atom is -0.345 e. The number of ketones is 2. The van der Waals surface area contributed by atoms with Crippen molar-refractivity contribution in [3.05, 3.63) is 0 Å². The summed E-state index contributed by atoms with van der Waals surface area (Å²) in [6.07, 6.45) is 1.75. The van der Waals surface area contributed by atoms with Gasteiger partial charge in [0.1, 0.15) is 12.5 Å². The average molecular weight is 240 g/mol. The highest BCUT2D eigenvalue weighted by atomic mass is 16.5. The normalized spacial score (nSPS) is 25.3. The van der Waals surface area contributed by atoms with E-state index < -0.39 is 0 Å². The molecular weight excluding hydrogens is 220 g/mol. The van der Waals surface area contributed by atoms with E-state index in [2.05, 4.69) is 13.8 Å². The lowest BCUT2D eigenvalue weighted by Crippen LogP contribution is -2.58. The molecule has 96 valence electrons. The summed E-state index contributed by atoms with van der Waals surface area (Å²) in [5.41, 5.74) is 0. The molecule has 2 aliphatic heterocycles. The van der Waals surface area contributed by atoms with Crippen molar-refractivity contribution in [2.45, 2.75) is 39.1 Å². The van der Waals surface area contributed by atoms with E-state index in [0.29, 0.717) is 26.2 Å². The molecule has 0 saturated carbocycles. The van der Waals surface area contributed by atoms with Gasteiger partial charge in [0, 0.05) is 0 Å². The molecule has 5 nitrogen and oxygen atoms in total. The van der Waals surface area contributed by atoms with E-state index in [0.717, 1.165) is 12.8 Å². The fourth-order valence-electron chi connectivity index (χ4n) is 2.28. The minimum atomic E-state index is 0.00773. The number of Topliss-reactive ketones (excluding diaryl/α,β-unsaturated/α-hetero) is 2. The number of likely N-dealkylation sites (tertiary alicyclic amines) is 2. The number of ether oxygens (including phenoxy) is 1. The van der Waals surface area contributed by atoms with E-state index in [1.807, 2.05) is 9.80 Å². The van der Waals surface area contributed by atoms with Crippen LogP contribution >= 0.6 is 0 Å². The summed E-state index contributed by atoms with van der Waals surface area (Å²) in [6.45, 7) is 6.15. The van der Waals surface area contributed by atoms with Gasteiger partial charge in [-0.3, -0.25) is 19.4 Å². The molecule has 2 aliphatic rings. The molecule has 0 N–H and O–H groups in total. The van der Waals surface area contributed by atoms with Crippen molar-refractivity contribution in [3.63, 3.8) is 0 Å². The van der Waals surface area contributed by atoms with Crippen LogP contribution in [0.4, 0.5) is 0 Å². The van der Waals surface area contributed by atoms with Crippen LogP contribution in [0, 0.1) is 0 Å². The van der Waals surface area contributed by atoms with Gasteiger partial charge in [0.25, 0.3) is 0 Å². The molecule has 2 atom stereocenters. The SMILES string of the molecule is CCC(OC(CC)N1CC(=O)C1)N1CC(=O)C1.